The maximum Gasteiger partial charge on any atom is 0.127 e. The van der Waals surface area contributed by atoms with Crippen LogP contribution in [0.15, 0.2) is 18.2 Å². The SMILES string of the molecule is CCC(C)(CCCl)NCc1cc(F)ccc1F. The van der Waals surface area contributed by atoms with Crippen LogP contribution in [0.4, 0.5) is 8.78 Å². The van der Waals surface area contributed by atoms with Crippen molar-refractivity contribution in [3.05, 3.63) is 35.4 Å². The summed E-state index contributed by atoms with van der Waals surface area (Å²) < 4.78 is 26.4. The van der Waals surface area contributed by atoms with Crippen LogP contribution in [-0.4, -0.2) is 11.4 Å². The van der Waals surface area contributed by atoms with Crippen molar-refractivity contribution >= 4 is 11.6 Å². The van der Waals surface area contributed by atoms with Crippen LogP contribution in [0.2, 0.25) is 0 Å². The van der Waals surface area contributed by atoms with Crippen LogP contribution < -0.4 is 5.32 Å². The summed E-state index contributed by atoms with van der Waals surface area (Å²) in [5.41, 5.74) is 0.208. The Kier molecular flexibility index (Phi) is 5.34. The Morgan fingerprint density at radius 3 is 2.65 bits per heavy atom. The van der Waals surface area contributed by atoms with Crippen LogP contribution in [0.25, 0.3) is 0 Å². The Morgan fingerprint density at radius 2 is 2.06 bits per heavy atom. The normalized spacial score (nSPS) is 14.6. The molecule has 1 unspecified atom stereocenters. The number of hydrogen-bond donors (Lipinski definition) is 1. The summed E-state index contributed by atoms with van der Waals surface area (Å²) in [5.74, 6) is -0.259. The number of rotatable bonds is 6. The molecule has 96 valence electrons. The van der Waals surface area contributed by atoms with Gasteiger partial charge in [0.15, 0.2) is 0 Å². The number of benzene rings is 1. The van der Waals surface area contributed by atoms with Gasteiger partial charge in [-0.1, -0.05) is 6.92 Å². The fourth-order valence-corrected chi connectivity index (χ4v) is 2.00. The highest BCUT2D eigenvalue weighted by Crippen LogP contribution is 2.17. The molecule has 1 rings (SSSR count). The Balaban J connectivity index is 2.68. The number of hydrogen-bond acceptors (Lipinski definition) is 1. The highest BCUT2D eigenvalue weighted by Gasteiger charge is 2.20. The third-order valence-electron chi connectivity index (χ3n) is 3.14. The topological polar surface area (TPSA) is 12.0 Å². The minimum atomic E-state index is -0.418. The van der Waals surface area contributed by atoms with Crippen molar-refractivity contribution in [2.75, 3.05) is 5.88 Å². The van der Waals surface area contributed by atoms with E-state index in [1.807, 2.05) is 13.8 Å². The Labute approximate surface area is 106 Å². The summed E-state index contributed by atoms with van der Waals surface area (Å²) in [6, 6.07) is 3.49. The predicted octanol–water partition coefficient (Wildman–Crippen LogP) is 3.85. The molecule has 0 fully saturated rings. The molecule has 1 N–H and O–H groups in total. The van der Waals surface area contributed by atoms with Gasteiger partial charge in [-0.25, -0.2) is 8.78 Å². The van der Waals surface area contributed by atoms with Crippen LogP contribution in [0.1, 0.15) is 32.3 Å². The molecule has 17 heavy (non-hydrogen) atoms. The molecule has 0 bridgehead atoms. The van der Waals surface area contributed by atoms with E-state index < -0.39 is 5.82 Å². The Bertz CT molecular complexity index is 370. The van der Waals surface area contributed by atoms with Gasteiger partial charge >= 0.3 is 0 Å². The average molecular weight is 262 g/mol. The summed E-state index contributed by atoms with van der Waals surface area (Å²) in [7, 11) is 0. The predicted molar refractivity (Wildman–Crippen MR) is 67.2 cm³/mol. The molecule has 0 amide bonds. The highest BCUT2D eigenvalue weighted by molar-refractivity contribution is 6.17. The van der Waals surface area contributed by atoms with Gasteiger partial charge in [-0.05, 0) is 38.0 Å². The van der Waals surface area contributed by atoms with Gasteiger partial charge in [0.2, 0.25) is 0 Å². The Morgan fingerprint density at radius 1 is 1.35 bits per heavy atom. The van der Waals surface area contributed by atoms with Crippen molar-refractivity contribution < 1.29 is 8.78 Å². The van der Waals surface area contributed by atoms with E-state index in [2.05, 4.69) is 5.32 Å². The van der Waals surface area contributed by atoms with E-state index in [1.165, 1.54) is 6.07 Å². The van der Waals surface area contributed by atoms with E-state index in [0.717, 1.165) is 25.0 Å². The average Bonchev–Trinajstić information content (AvgIpc) is 2.31. The maximum atomic E-state index is 13.4. The van der Waals surface area contributed by atoms with Gasteiger partial charge in [0, 0.05) is 23.5 Å². The van der Waals surface area contributed by atoms with Gasteiger partial charge < -0.3 is 5.32 Å². The summed E-state index contributed by atoms with van der Waals surface area (Å²) in [5, 5.41) is 3.24. The lowest BCUT2D eigenvalue weighted by molar-refractivity contribution is 0.328. The molecule has 0 heterocycles. The molecule has 0 aliphatic heterocycles. The van der Waals surface area contributed by atoms with Crippen molar-refractivity contribution in [2.24, 2.45) is 0 Å². The maximum absolute atomic E-state index is 13.4. The first-order chi connectivity index (χ1) is 8.00. The molecule has 1 aromatic carbocycles. The van der Waals surface area contributed by atoms with E-state index in [9.17, 15) is 8.78 Å². The third kappa shape index (κ3) is 4.25. The second-order valence-corrected chi connectivity index (χ2v) is 4.82. The number of nitrogens with one attached hydrogen (secondary N) is 1. The van der Waals surface area contributed by atoms with Gasteiger partial charge in [-0.15, -0.1) is 11.6 Å². The molecule has 0 aliphatic rings. The summed E-state index contributed by atoms with van der Waals surface area (Å²) in [6.07, 6.45) is 1.68. The first-order valence-electron chi connectivity index (χ1n) is 5.75. The minimum absolute atomic E-state index is 0.138. The quantitative estimate of drug-likeness (QED) is 0.767. The minimum Gasteiger partial charge on any atom is -0.307 e. The van der Waals surface area contributed by atoms with Crippen LogP contribution in [-0.2, 0) is 6.54 Å². The third-order valence-corrected chi connectivity index (χ3v) is 3.33. The van der Waals surface area contributed by atoms with E-state index in [4.69, 9.17) is 11.6 Å². The standard InChI is InChI=1S/C13H18ClF2N/c1-3-13(2,6-7-14)17-9-10-8-11(15)4-5-12(10)16/h4-5,8,17H,3,6-7,9H2,1-2H3. The van der Waals surface area contributed by atoms with Crippen molar-refractivity contribution in [2.45, 2.75) is 38.8 Å². The molecule has 1 aromatic rings. The van der Waals surface area contributed by atoms with Crippen molar-refractivity contribution in [1.82, 2.24) is 5.32 Å². The van der Waals surface area contributed by atoms with E-state index in [1.54, 1.807) is 0 Å². The molecule has 0 spiro atoms. The van der Waals surface area contributed by atoms with Crippen molar-refractivity contribution in [3.8, 4) is 0 Å². The molecule has 0 aromatic heterocycles. The van der Waals surface area contributed by atoms with Gasteiger partial charge in [0.05, 0.1) is 0 Å². The van der Waals surface area contributed by atoms with Crippen LogP contribution >= 0.6 is 11.6 Å². The molecular weight excluding hydrogens is 244 g/mol. The van der Waals surface area contributed by atoms with E-state index in [-0.39, 0.29) is 11.4 Å². The van der Waals surface area contributed by atoms with Crippen LogP contribution in [0, 0.1) is 11.6 Å². The van der Waals surface area contributed by atoms with Gasteiger partial charge in [0.1, 0.15) is 11.6 Å². The molecule has 0 saturated heterocycles. The molecule has 0 saturated carbocycles. The summed E-state index contributed by atoms with van der Waals surface area (Å²) >= 11 is 5.73. The van der Waals surface area contributed by atoms with Gasteiger partial charge in [-0.2, -0.15) is 0 Å². The monoisotopic (exact) mass is 261 g/mol. The first-order valence-corrected chi connectivity index (χ1v) is 6.29. The number of alkyl halides is 1. The van der Waals surface area contributed by atoms with Crippen LogP contribution in [0.3, 0.4) is 0 Å². The largest absolute Gasteiger partial charge is 0.307 e. The molecule has 1 nitrogen and oxygen atoms in total. The second-order valence-electron chi connectivity index (χ2n) is 4.44. The van der Waals surface area contributed by atoms with Gasteiger partial charge in [0.25, 0.3) is 0 Å². The molecule has 0 aliphatic carbocycles. The number of halogens is 3. The zero-order valence-corrected chi connectivity index (χ0v) is 11.0. The highest BCUT2D eigenvalue weighted by atomic mass is 35.5. The zero-order chi connectivity index (χ0) is 12.9. The lowest BCUT2D eigenvalue weighted by Crippen LogP contribution is -2.41. The van der Waals surface area contributed by atoms with Crippen molar-refractivity contribution in [1.29, 1.82) is 0 Å². The lowest BCUT2D eigenvalue weighted by Gasteiger charge is -2.29. The van der Waals surface area contributed by atoms with E-state index in [0.29, 0.717) is 18.0 Å². The first kappa shape index (κ1) is 14.4. The summed E-state index contributed by atoms with van der Waals surface area (Å²) in [6.45, 7) is 4.39. The second kappa shape index (κ2) is 6.31. The van der Waals surface area contributed by atoms with Crippen LogP contribution in [0.5, 0.6) is 0 Å². The summed E-state index contributed by atoms with van der Waals surface area (Å²) in [4.78, 5) is 0. The van der Waals surface area contributed by atoms with E-state index >= 15 is 0 Å². The zero-order valence-electron chi connectivity index (χ0n) is 10.2. The fraction of sp³-hybridized carbons (Fsp3) is 0.538. The Hall–Kier alpha value is -0.670. The van der Waals surface area contributed by atoms with Crippen molar-refractivity contribution in [3.63, 3.8) is 0 Å². The molecule has 4 heteroatoms. The smallest absolute Gasteiger partial charge is 0.127 e. The molecule has 0 radical (unpaired) electrons. The lowest BCUT2D eigenvalue weighted by atomic mass is 9.95. The molecule has 1 atom stereocenters. The molecular formula is C13H18ClF2N. The fourth-order valence-electron chi connectivity index (χ4n) is 1.59. The van der Waals surface area contributed by atoms with Gasteiger partial charge in [-0.3, -0.25) is 0 Å².